The van der Waals surface area contributed by atoms with Crippen LogP contribution in [0.15, 0.2) is 29.3 Å². The van der Waals surface area contributed by atoms with Gasteiger partial charge < -0.3 is 5.32 Å². The van der Waals surface area contributed by atoms with Gasteiger partial charge in [0, 0.05) is 18.7 Å². The molecular formula is C15H22N2. The Balaban J connectivity index is 2.00. The van der Waals surface area contributed by atoms with E-state index < -0.39 is 0 Å². The van der Waals surface area contributed by atoms with E-state index in [1.54, 1.807) is 0 Å². The number of hydrogen-bond acceptors (Lipinski definition) is 2. The van der Waals surface area contributed by atoms with Gasteiger partial charge in [0.15, 0.2) is 0 Å². The first-order chi connectivity index (χ1) is 8.25. The van der Waals surface area contributed by atoms with Crippen molar-refractivity contribution >= 4 is 11.5 Å². The Kier molecular flexibility index (Phi) is 4.18. The lowest BCUT2D eigenvalue weighted by Gasteiger charge is -2.10. The second kappa shape index (κ2) is 5.85. The highest BCUT2D eigenvalue weighted by atomic mass is 15.0. The number of benzene rings is 1. The normalized spacial score (nSPS) is 16.5. The van der Waals surface area contributed by atoms with Crippen molar-refractivity contribution in [3.8, 4) is 0 Å². The molecule has 1 aromatic rings. The first-order valence-electron chi connectivity index (χ1n) is 6.66. The molecule has 1 N–H and O–H groups in total. The molecule has 1 aromatic carbocycles. The monoisotopic (exact) mass is 230 g/mol. The molecule has 1 aliphatic rings. The Morgan fingerprint density at radius 1 is 1.06 bits per heavy atom. The minimum atomic E-state index is 0.597. The topological polar surface area (TPSA) is 24.4 Å². The zero-order valence-electron chi connectivity index (χ0n) is 10.9. The van der Waals surface area contributed by atoms with Gasteiger partial charge in [0.05, 0.1) is 0 Å². The predicted octanol–water partition coefficient (Wildman–Crippen LogP) is 4.19. The maximum absolute atomic E-state index is 4.58. The summed E-state index contributed by atoms with van der Waals surface area (Å²) in [4.78, 5) is 4.58. The van der Waals surface area contributed by atoms with Crippen LogP contribution in [-0.4, -0.2) is 12.4 Å². The van der Waals surface area contributed by atoms with Crippen molar-refractivity contribution in [2.45, 2.75) is 45.4 Å². The van der Waals surface area contributed by atoms with Crippen molar-refractivity contribution in [2.24, 2.45) is 4.99 Å². The quantitative estimate of drug-likeness (QED) is 0.809. The summed E-state index contributed by atoms with van der Waals surface area (Å²) in [6, 6.07) is 8.71. The minimum Gasteiger partial charge on any atom is -0.344 e. The smallest absolute Gasteiger partial charge is 0.101 e. The summed E-state index contributed by atoms with van der Waals surface area (Å²) in [7, 11) is 0. The summed E-state index contributed by atoms with van der Waals surface area (Å²) in [6.07, 6.45) is 4.89. The highest BCUT2D eigenvalue weighted by Gasteiger charge is 2.05. The van der Waals surface area contributed by atoms with Gasteiger partial charge >= 0.3 is 0 Å². The van der Waals surface area contributed by atoms with Crippen LogP contribution in [0.1, 0.15) is 51.0 Å². The van der Waals surface area contributed by atoms with E-state index in [-0.39, 0.29) is 0 Å². The van der Waals surface area contributed by atoms with Crippen LogP contribution >= 0.6 is 0 Å². The van der Waals surface area contributed by atoms with E-state index in [9.17, 15) is 0 Å². The average Bonchev–Trinajstić information content (AvgIpc) is 2.58. The van der Waals surface area contributed by atoms with Crippen molar-refractivity contribution in [3.63, 3.8) is 0 Å². The highest BCUT2D eigenvalue weighted by molar-refractivity contribution is 5.95. The summed E-state index contributed by atoms with van der Waals surface area (Å²) in [6.45, 7) is 5.42. The van der Waals surface area contributed by atoms with Crippen LogP contribution in [-0.2, 0) is 0 Å². The van der Waals surface area contributed by atoms with E-state index in [1.807, 2.05) is 0 Å². The van der Waals surface area contributed by atoms with Crippen LogP contribution in [0.5, 0.6) is 0 Å². The zero-order chi connectivity index (χ0) is 12.1. The number of rotatable bonds is 2. The van der Waals surface area contributed by atoms with Gasteiger partial charge in [-0.1, -0.05) is 32.4 Å². The third kappa shape index (κ3) is 3.58. The van der Waals surface area contributed by atoms with E-state index >= 15 is 0 Å². The second-order valence-electron chi connectivity index (χ2n) is 5.04. The van der Waals surface area contributed by atoms with Gasteiger partial charge in [0.2, 0.25) is 0 Å². The van der Waals surface area contributed by atoms with E-state index in [1.165, 1.54) is 24.8 Å². The summed E-state index contributed by atoms with van der Waals surface area (Å²) in [5.74, 6) is 1.75. The molecule has 0 saturated carbocycles. The fourth-order valence-corrected chi connectivity index (χ4v) is 2.09. The van der Waals surface area contributed by atoms with Gasteiger partial charge in [0.25, 0.3) is 0 Å². The van der Waals surface area contributed by atoms with E-state index in [2.05, 4.69) is 48.4 Å². The van der Waals surface area contributed by atoms with E-state index in [0.29, 0.717) is 5.92 Å². The van der Waals surface area contributed by atoms with E-state index in [4.69, 9.17) is 0 Å². The molecule has 17 heavy (non-hydrogen) atoms. The molecule has 0 unspecified atom stereocenters. The molecule has 2 nitrogen and oxygen atoms in total. The Morgan fingerprint density at radius 2 is 1.82 bits per heavy atom. The lowest BCUT2D eigenvalue weighted by molar-refractivity contribution is 0.731. The predicted molar refractivity (Wildman–Crippen MR) is 74.9 cm³/mol. The molecular weight excluding hydrogens is 208 g/mol. The minimum absolute atomic E-state index is 0.597. The van der Waals surface area contributed by atoms with Gasteiger partial charge in [-0.25, -0.2) is 0 Å². The number of hydrogen-bond donors (Lipinski definition) is 1. The van der Waals surface area contributed by atoms with Gasteiger partial charge in [-0.15, -0.1) is 0 Å². The third-order valence-electron chi connectivity index (χ3n) is 3.24. The van der Waals surface area contributed by atoms with Crippen LogP contribution in [0.3, 0.4) is 0 Å². The molecule has 2 heteroatoms. The molecule has 0 amide bonds. The largest absolute Gasteiger partial charge is 0.344 e. The summed E-state index contributed by atoms with van der Waals surface area (Å²) < 4.78 is 0. The van der Waals surface area contributed by atoms with Crippen molar-refractivity contribution in [3.05, 3.63) is 29.8 Å². The SMILES string of the molecule is CC(C)c1ccc(NC2=NCCCCC2)cc1. The summed E-state index contributed by atoms with van der Waals surface area (Å²) in [5.41, 5.74) is 2.55. The lowest BCUT2D eigenvalue weighted by atomic mass is 10.0. The van der Waals surface area contributed by atoms with Crippen molar-refractivity contribution < 1.29 is 0 Å². The Morgan fingerprint density at radius 3 is 2.53 bits per heavy atom. The first kappa shape index (κ1) is 12.2. The summed E-state index contributed by atoms with van der Waals surface area (Å²) >= 11 is 0. The number of anilines is 1. The fourth-order valence-electron chi connectivity index (χ4n) is 2.09. The Labute approximate surface area is 104 Å². The fraction of sp³-hybridized carbons (Fsp3) is 0.533. The van der Waals surface area contributed by atoms with Crippen LogP contribution < -0.4 is 5.32 Å². The molecule has 1 heterocycles. The van der Waals surface area contributed by atoms with Gasteiger partial charge in [-0.2, -0.15) is 0 Å². The molecule has 2 rings (SSSR count). The molecule has 92 valence electrons. The molecule has 1 aliphatic heterocycles. The standard InChI is InChI=1S/C15H22N2/c1-12(2)13-7-9-14(10-8-13)17-15-6-4-3-5-11-16-15/h7-10,12H,3-6,11H2,1-2H3,(H,16,17). The van der Waals surface area contributed by atoms with Crippen molar-refractivity contribution in [1.29, 1.82) is 0 Å². The Bertz CT molecular complexity index is 376. The molecule has 0 aromatic heterocycles. The number of nitrogens with one attached hydrogen (secondary N) is 1. The van der Waals surface area contributed by atoms with E-state index in [0.717, 1.165) is 24.5 Å². The molecule has 0 aliphatic carbocycles. The molecule has 0 atom stereocenters. The third-order valence-corrected chi connectivity index (χ3v) is 3.24. The van der Waals surface area contributed by atoms with Crippen LogP contribution in [0.25, 0.3) is 0 Å². The van der Waals surface area contributed by atoms with Crippen LogP contribution in [0, 0.1) is 0 Å². The average molecular weight is 230 g/mol. The first-order valence-corrected chi connectivity index (χ1v) is 6.66. The molecule has 0 bridgehead atoms. The molecule has 0 spiro atoms. The molecule has 0 fully saturated rings. The molecule has 0 radical (unpaired) electrons. The molecule has 0 saturated heterocycles. The van der Waals surface area contributed by atoms with Crippen LogP contribution in [0.4, 0.5) is 5.69 Å². The van der Waals surface area contributed by atoms with Crippen LogP contribution in [0.2, 0.25) is 0 Å². The number of amidine groups is 1. The summed E-state index contributed by atoms with van der Waals surface area (Å²) in [5, 5.41) is 3.44. The maximum atomic E-state index is 4.58. The Hall–Kier alpha value is -1.31. The second-order valence-corrected chi connectivity index (χ2v) is 5.04. The van der Waals surface area contributed by atoms with Gasteiger partial charge in [-0.3, -0.25) is 4.99 Å². The maximum Gasteiger partial charge on any atom is 0.101 e. The van der Waals surface area contributed by atoms with Gasteiger partial charge in [-0.05, 0) is 36.5 Å². The number of aliphatic imine (C=N–C) groups is 1. The zero-order valence-corrected chi connectivity index (χ0v) is 10.9. The van der Waals surface area contributed by atoms with Gasteiger partial charge in [0.1, 0.15) is 5.84 Å². The highest BCUT2D eigenvalue weighted by Crippen LogP contribution is 2.18. The van der Waals surface area contributed by atoms with Crippen molar-refractivity contribution in [2.75, 3.05) is 11.9 Å². The number of nitrogens with zero attached hydrogens (tertiary/aromatic N) is 1. The lowest BCUT2D eigenvalue weighted by Crippen LogP contribution is -2.11. The van der Waals surface area contributed by atoms with Crippen molar-refractivity contribution in [1.82, 2.24) is 0 Å².